The third-order valence-corrected chi connectivity index (χ3v) is 3.88. The Morgan fingerprint density at radius 3 is 1.84 bits per heavy atom. The third-order valence-electron chi connectivity index (χ3n) is 3.44. The molecule has 13 heteroatoms. The molecule has 2 rings (SSSR count). The van der Waals surface area contributed by atoms with Gasteiger partial charge in [-0.1, -0.05) is 25.5 Å². The summed E-state index contributed by atoms with van der Waals surface area (Å²) in [6, 6.07) is 3.94. The van der Waals surface area contributed by atoms with Gasteiger partial charge < -0.3 is 9.84 Å². The second-order valence-electron chi connectivity index (χ2n) is 5.83. The highest BCUT2D eigenvalue weighted by Crippen LogP contribution is 2.40. The lowest BCUT2D eigenvalue weighted by Crippen LogP contribution is -2.16. The molecule has 31 heavy (non-hydrogen) atoms. The number of aryl methyl sites for hydroxylation is 1. The van der Waals surface area contributed by atoms with Crippen LogP contribution >= 0.6 is 7.82 Å². The molecule has 0 fully saturated rings. The molecule has 0 heterocycles. The van der Waals surface area contributed by atoms with E-state index in [4.69, 9.17) is 9.79 Å². The Hall–Kier alpha value is -2.56. The van der Waals surface area contributed by atoms with E-state index in [9.17, 15) is 35.7 Å². The van der Waals surface area contributed by atoms with Crippen LogP contribution in [0.4, 0.5) is 32.0 Å². The summed E-state index contributed by atoms with van der Waals surface area (Å²) in [5, 5.41) is 1.86. The van der Waals surface area contributed by atoms with Crippen LogP contribution in [0.1, 0.15) is 40.9 Å². The van der Waals surface area contributed by atoms with Gasteiger partial charge in [-0.15, -0.1) is 0 Å². The summed E-state index contributed by atoms with van der Waals surface area (Å²) in [4.78, 5) is 30.2. The lowest BCUT2D eigenvalue weighted by Gasteiger charge is -2.16. The van der Waals surface area contributed by atoms with Crippen LogP contribution in [-0.4, -0.2) is 15.7 Å². The van der Waals surface area contributed by atoms with Gasteiger partial charge in [-0.25, -0.2) is 4.57 Å². The van der Waals surface area contributed by atoms with Crippen molar-refractivity contribution in [1.29, 1.82) is 0 Å². The number of phosphoric acid groups is 1. The maximum Gasteiger partial charge on any atom is 0.524 e. The fourth-order valence-electron chi connectivity index (χ4n) is 2.25. The summed E-state index contributed by atoms with van der Waals surface area (Å²) in [5.41, 5.74) is -4.19. The van der Waals surface area contributed by atoms with Crippen molar-refractivity contribution in [3.05, 3.63) is 58.7 Å². The van der Waals surface area contributed by atoms with Crippen molar-refractivity contribution in [2.75, 3.05) is 5.32 Å². The summed E-state index contributed by atoms with van der Waals surface area (Å²) in [7, 11) is -5.09. The van der Waals surface area contributed by atoms with Gasteiger partial charge in [0.15, 0.2) is 0 Å². The first kappa shape index (κ1) is 26.5. The Balaban J connectivity index is 0.00000233. The number of anilines is 1. The molecule has 0 aromatic heterocycles. The molecule has 0 saturated heterocycles. The standard InChI is InChI=1S/C16H12F6NO5P.C2H6/c1-8-2-3-13(28-29(25,26)27)12(4-8)14(24)23-11-6-9(15(17,18)19)5-10(7-11)16(20,21)22;1-2/h2-7H,1H3,(H,23,24)(H2,25,26,27);1-2H3. The largest absolute Gasteiger partial charge is 0.524 e. The predicted octanol–water partition coefficient (Wildman–Crippen LogP) is 5.78. The predicted molar refractivity (Wildman–Crippen MR) is 99.6 cm³/mol. The minimum Gasteiger partial charge on any atom is -0.403 e. The molecule has 3 N–H and O–H groups in total. The van der Waals surface area contributed by atoms with Crippen molar-refractivity contribution < 1.29 is 50.0 Å². The zero-order chi connectivity index (χ0) is 24.2. The van der Waals surface area contributed by atoms with Gasteiger partial charge in [0, 0.05) is 5.69 Å². The van der Waals surface area contributed by atoms with Crippen LogP contribution < -0.4 is 9.84 Å². The molecule has 6 nitrogen and oxygen atoms in total. The van der Waals surface area contributed by atoms with Gasteiger partial charge in [-0.2, -0.15) is 26.3 Å². The SMILES string of the molecule is CC.Cc1ccc(OP(=O)(O)O)c(C(=O)Nc2cc(C(F)(F)F)cc(C(F)(F)F)c2)c1. The molecule has 172 valence electrons. The van der Waals surface area contributed by atoms with Crippen LogP contribution in [0.25, 0.3) is 0 Å². The zero-order valence-electron chi connectivity index (χ0n) is 16.3. The Morgan fingerprint density at radius 1 is 0.935 bits per heavy atom. The Morgan fingerprint density at radius 2 is 1.42 bits per heavy atom. The molecule has 1 amide bonds. The van der Waals surface area contributed by atoms with Gasteiger partial charge in [-0.05, 0) is 37.3 Å². The smallest absolute Gasteiger partial charge is 0.403 e. The Kier molecular flexibility index (Phi) is 8.30. The number of nitrogens with one attached hydrogen (secondary N) is 1. The first-order valence-electron chi connectivity index (χ1n) is 8.53. The van der Waals surface area contributed by atoms with Crippen molar-refractivity contribution in [3.8, 4) is 5.75 Å². The fraction of sp³-hybridized carbons (Fsp3) is 0.278. The topological polar surface area (TPSA) is 95.9 Å². The van der Waals surface area contributed by atoms with Crippen LogP contribution in [0.3, 0.4) is 0 Å². The Bertz CT molecular complexity index is 952. The van der Waals surface area contributed by atoms with E-state index in [-0.39, 0.29) is 6.07 Å². The molecule has 0 atom stereocenters. The molecule has 0 aliphatic rings. The molecule has 0 bridgehead atoms. The van der Waals surface area contributed by atoms with E-state index in [0.717, 1.165) is 12.1 Å². The number of carbonyl (C=O) groups excluding carboxylic acids is 1. The van der Waals surface area contributed by atoms with Crippen LogP contribution in [0.15, 0.2) is 36.4 Å². The minimum absolute atomic E-state index is 0.107. The van der Waals surface area contributed by atoms with Gasteiger partial charge in [0.05, 0.1) is 16.7 Å². The summed E-state index contributed by atoms with van der Waals surface area (Å²) < 4.78 is 92.8. The van der Waals surface area contributed by atoms with Crippen molar-refractivity contribution in [2.45, 2.75) is 33.1 Å². The quantitative estimate of drug-likeness (QED) is 0.386. The van der Waals surface area contributed by atoms with E-state index < -0.39 is 54.2 Å². The van der Waals surface area contributed by atoms with E-state index in [2.05, 4.69) is 4.52 Å². The monoisotopic (exact) mass is 473 g/mol. The molecule has 0 aliphatic carbocycles. The van der Waals surface area contributed by atoms with Crippen LogP contribution in [0.2, 0.25) is 0 Å². The number of benzene rings is 2. The van der Waals surface area contributed by atoms with Crippen molar-refractivity contribution in [1.82, 2.24) is 0 Å². The summed E-state index contributed by atoms with van der Waals surface area (Å²) in [5.74, 6) is -1.84. The number of rotatable bonds is 4. The van der Waals surface area contributed by atoms with Gasteiger partial charge in [0.25, 0.3) is 5.91 Å². The molecule has 0 saturated carbocycles. The van der Waals surface area contributed by atoms with Crippen molar-refractivity contribution in [2.24, 2.45) is 0 Å². The van der Waals surface area contributed by atoms with Crippen molar-refractivity contribution in [3.63, 3.8) is 0 Å². The fourth-order valence-corrected chi connectivity index (χ4v) is 2.67. The van der Waals surface area contributed by atoms with Gasteiger partial charge in [-0.3, -0.25) is 14.6 Å². The van der Waals surface area contributed by atoms with E-state index in [0.29, 0.717) is 17.7 Å². The second kappa shape index (κ2) is 9.71. The molecule has 0 radical (unpaired) electrons. The molecular formula is C18H18F6NO5P. The normalized spacial score (nSPS) is 12.0. The van der Waals surface area contributed by atoms with E-state index in [1.165, 1.54) is 13.0 Å². The lowest BCUT2D eigenvalue weighted by atomic mass is 10.1. The number of carbonyl (C=O) groups is 1. The first-order chi connectivity index (χ1) is 14.1. The van der Waals surface area contributed by atoms with Crippen LogP contribution in [-0.2, 0) is 16.9 Å². The Labute approximate surface area is 173 Å². The molecule has 0 spiro atoms. The first-order valence-corrected chi connectivity index (χ1v) is 10.1. The number of hydrogen-bond donors (Lipinski definition) is 3. The highest BCUT2D eigenvalue weighted by Gasteiger charge is 2.37. The number of amides is 1. The van der Waals surface area contributed by atoms with E-state index in [1.54, 1.807) is 0 Å². The number of hydrogen-bond acceptors (Lipinski definition) is 3. The average molecular weight is 473 g/mol. The van der Waals surface area contributed by atoms with Gasteiger partial charge in [0.2, 0.25) is 0 Å². The summed E-state index contributed by atoms with van der Waals surface area (Å²) >= 11 is 0. The van der Waals surface area contributed by atoms with Gasteiger partial charge >= 0.3 is 20.2 Å². The van der Waals surface area contributed by atoms with Crippen molar-refractivity contribution >= 4 is 19.4 Å². The number of phosphoric ester groups is 1. The molecule has 2 aromatic rings. The average Bonchev–Trinajstić information content (AvgIpc) is 2.62. The third kappa shape index (κ3) is 7.89. The molecular weight excluding hydrogens is 455 g/mol. The number of alkyl halides is 6. The highest BCUT2D eigenvalue weighted by molar-refractivity contribution is 7.46. The molecule has 0 unspecified atom stereocenters. The maximum atomic E-state index is 12.9. The van der Waals surface area contributed by atoms with E-state index >= 15 is 0 Å². The maximum absolute atomic E-state index is 12.9. The van der Waals surface area contributed by atoms with Crippen LogP contribution in [0, 0.1) is 6.92 Å². The summed E-state index contributed by atoms with van der Waals surface area (Å²) in [6.07, 6.45) is -10.2. The minimum atomic E-state index is -5.11. The van der Waals surface area contributed by atoms with Gasteiger partial charge in [0.1, 0.15) is 5.75 Å². The zero-order valence-corrected chi connectivity index (χ0v) is 17.2. The molecule has 2 aromatic carbocycles. The lowest BCUT2D eigenvalue weighted by molar-refractivity contribution is -0.143. The molecule has 0 aliphatic heterocycles. The van der Waals surface area contributed by atoms with E-state index in [1.807, 2.05) is 19.2 Å². The van der Waals surface area contributed by atoms with Crippen LogP contribution in [0.5, 0.6) is 5.75 Å². The second-order valence-corrected chi connectivity index (χ2v) is 6.99. The highest BCUT2D eigenvalue weighted by atomic mass is 31.2. The number of halogens is 6. The summed E-state index contributed by atoms with van der Waals surface area (Å²) in [6.45, 7) is 5.49.